The van der Waals surface area contributed by atoms with Crippen LogP contribution in [0.2, 0.25) is 5.22 Å². The van der Waals surface area contributed by atoms with E-state index in [1.807, 2.05) is 6.07 Å². The molecule has 0 amide bonds. The summed E-state index contributed by atoms with van der Waals surface area (Å²) in [5.74, 6) is 1.90. The van der Waals surface area contributed by atoms with Gasteiger partial charge in [-0.15, -0.1) is 0 Å². The first-order valence-electron chi connectivity index (χ1n) is 5.75. The van der Waals surface area contributed by atoms with E-state index in [4.69, 9.17) is 16.0 Å². The molecule has 1 N–H and O–H groups in total. The molecular formula is C12H18ClNO. The topological polar surface area (TPSA) is 25.2 Å². The zero-order valence-electron chi connectivity index (χ0n) is 9.13. The van der Waals surface area contributed by atoms with Crippen LogP contribution in [0.5, 0.6) is 0 Å². The maximum absolute atomic E-state index is 5.71. The molecule has 3 heteroatoms. The second kappa shape index (κ2) is 5.04. The van der Waals surface area contributed by atoms with Crippen molar-refractivity contribution >= 4 is 11.6 Å². The van der Waals surface area contributed by atoms with E-state index in [0.29, 0.717) is 11.3 Å². The van der Waals surface area contributed by atoms with Crippen molar-refractivity contribution in [3.63, 3.8) is 0 Å². The van der Waals surface area contributed by atoms with Crippen LogP contribution in [0.25, 0.3) is 0 Å². The van der Waals surface area contributed by atoms with Gasteiger partial charge in [-0.1, -0.05) is 19.8 Å². The van der Waals surface area contributed by atoms with Crippen LogP contribution in [0.4, 0.5) is 0 Å². The van der Waals surface area contributed by atoms with Gasteiger partial charge in [0.1, 0.15) is 5.76 Å². The average molecular weight is 228 g/mol. The van der Waals surface area contributed by atoms with Gasteiger partial charge >= 0.3 is 0 Å². The molecule has 1 aromatic rings. The van der Waals surface area contributed by atoms with Gasteiger partial charge in [0.05, 0.1) is 6.54 Å². The summed E-state index contributed by atoms with van der Waals surface area (Å²) in [7, 11) is 0. The van der Waals surface area contributed by atoms with E-state index >= 15 is 0 Å². The quantitative estimate of drug-likeness (QED) is 0.804. The third-order valence-corrected chi connectivity index (χ3v) is 3.20. The molecule has 1 aliphatic carbocycles. The van der Waals surface area contributed by atoms with Crippen LogP contribution in [0.3, 0.4) is 0 Å². The summed E-state index contributed by atoms with van der Waals surface area (Å²) in [6.07, 6.45) is 5.34. The van der Waals surface area contributed by atoms with Crippen LogP contribution >= 0.6 is 11.6 Å². The molecule has 1 heterocycles. The van der Waals surface area contributed by atoms with Crippen LogP contribution in [0.1, 0.15) is 38.4 Å². The van der Waals surface area contributed by atoms with Gasteiger partial charge in [-0.25, -0.2) is 0 Å². The van der Waals surface area contributed by atoms with Gasteiger partial charge in [0.2, 0.25) is 0 Å². The summed E-state index contributed by atoms with van der Waals surface area (Å²) in [5.41, 5.74) is 0. The van der Waals surface area contributed by atoms with Gasteiger partial charge < -0.3 is 9.73 Å². The summed E-state index contributed by atoms with van der Waals surface area (Å²) >= 11 is 5.71. The molecule has 2 nitrogen and oxygen atoms in total. The summed E-state index contributed by atoms with van der Waals surface area (Å²) < 4.78 is 5.30. The second-order valence-corrected chi connectivity index (χ2v) is 4.74. The van der Waals surface area contributed by atoms with E-state index in [1.165, 1.54) is 25.7 Å². The summed E-state index contributed by atoms with van der Waals surface area (Å²) in [6.45, 7) is 3.02. The number of nitrogens with one attached hydrogen (secondary N) is 1. The highest BCUT2D eigenvalue weighted by atomic mass is 35.5. The molecular weight excluding hydrogens is 210 g/mol. The molecule has 15 heavy (non-hydrogen) atoms. The normalized spacial score (nSPS) is 18.0. The molecule has 1 aromatic heterocycles. The Morgan fingerprint density at radius 3 is 2.87 bits per heavy atom. The number of furan rings is 1. The number of hydrogen-bond acceptors (Lipinski definition) is 2. The lowest BCUT2D eigenvalue weighted by atomic mass is 10.1. The van der Waals surface area contributed by atoms with Crippen molar-refractivity contribution in [2.45, 2.75) is 45.2 Å². The van der Waals surface area contributed by atoms with Crippen molar-refractivity contribution in [2.75, 3.05) is 0 Å². The van der Waals surface area contributed by atoms with Crippen molar-refractivity contribution in [1.82, 2.24) is 5.32 Å². The third kappa shape index (κ3) is 3.54. The molecule has 0 bridgehead atoms. The lowest BCUT2D eigenvalue weighted by molar-refractivity contribution is 0.409. The van der Waals surface area contributed by atoms with Crippen molar-refractivity contribution in [3.8, 4) is 0 Å². The Hall–Kier alpha value is -0.470. The largest absolute Gasteiger partial charge is 0.448 e. The number of halogens is 1. The zero-order chi connectivity index (χ0) is 10.7. The van der Waals surface area contributed by atoms with Crippen LogP contribution in [-0.4, -0.2) is 6.04 Å². The van der Waals surface area contributed by atoms with Crippen LogP contribution in [-0.2, 0) is 6.54 Å². The van der Waals surface area contributed by atoms with Crippen LogP contribution in [0, 0.1) is 5.92 Å². The molecule has 1 saturated carbocycles. The fourth-order valence-electron chi connectivity index (χ4n) is 1.84. The molecule has 1 fully saturated rings. The molecule has 0 aromatic carbocycles. The summed E-state index contributed by atoms with van der Waals surface area (Å²) in [5, 5.41) is 3.99. The van der Waals surface area contributed by atoms with Crippen molar-refractivity contribution < 1.29 is 4.42 Å². The SMILES string of the molecule is CCC(CC1CC1)NCc1ccc(Cl)o1. The summed E-state index contributed by atoms with van der Waals surface area (Å²) in [6, 6.07) is 4.35. The molecule has 0 radical (unpaired) electrons. The van der Waals surface area contributed by atoms with Crippen molar-refractivity contribution in [2.24, 2.45) is 5.92 Å². The van der Waals surface area contributed by atoms with Gasteiger partial charge in [0.15, 0.2) is 5.22 Å². The molecule has 84 valence electrons. The van der Waals surface area contributed by atoms with E-state index in [2.05, 4.69) is 12.2 Å². The predicted molar refractivity (Wildman–Crippen MR) is 62.0 cm³/mol. The monoisotopic (exact) mass is 227 g/mol. The first-order valence-corrected chi connectivity index (χ1v) is 6.13. The van der Waals surface area contributed by atoms with Gasteiger partial charge in [0.25, 0.3) is 0 Å². The predicted octanol–water partition coefficient (Wildman–Crippen LogP) is 3.60. The minimum atomic E-state index is 0.474. The van der Waals surface area contributed by atoms with Gasteiger partial charge in [-0.05, 0) is 42.5 Å². The first-order chi connectivity index (χ1) is 7.28. The molecule has 1 aliphatic rings. The Morgan fingerprint density at radius 2 is 2.33 bits per heavy atom. The van der Waals surface area contributed by atoms with E-state index in [0.717, 1.165) is 18.2 Å². The first kappa shape index (κ1) is 11.0. The second-order valence-electron chi connectivity index (χ2n) is 4.37. The highest BCUT2D eigenvalue weighted by Crippen LogP contribution is 2.34. The molecule has 0 saturated heterocycles. The van der Waals surface area contributed by atoms with Crippen LogP contribution in [0.15, 0.2) is 16.5 Å². The Bertz CT molecular complexity index is 306. The molecule has 2 rings (SSSR count). The fourth-order valence-corrected chi connectivity index (χ4v) is 2.00. The minimum Gasteiger partial charge on any atom is -0.448 e. The number of hydrogen-bond donors (Lipinski definition) is 1. The van der Waals surface area contributed by atoms with Crippen molar-refractivity contribution in [1.29, 1.82) is 0 Å². The Morgan fingerprint density at radius 1 is 1.53 bits per heavy atom. The number of rotatable bonds is 6. The van der Waals surface area contributed by atoms with Crippen molar-refractivity contribution in [3.05, 3.63) is 23.1 Å². The lowest BCUT2D eigenvalue weighted by Gasteiger charge is -2.15. The lowest BCUT2D eigenvalue weighted by Crippen LogP contribution is -2.28. The fraction of sp³-hybridized carbons (Fsp3) is 0.667. The molecule has 0 spiro atoms. The zero-order valence-corrected chi connectivity index (χ0v) is 9.89. The van der Waals surface area contributed by atoms with E-state index < -0.39 is 0 Å². The Balaban J connectivity index is 1.74. The van der Waals surface area contributed by atoms with Gasteiger partial charge in [0, 0.05) is 6.04 Å². The average Bonchev–Trinajstić information content (AvgIpc) is 2.95. The Kier molecular flexibility index (Phi) is 3.71. The molecule has 1 atom stereocenters. The maximum atomic E-state index is 5.71. The highest BCUT2D eigenvalue weighted by Gasteiger charge is 2.24. The highest BCUT2D eigenvalue weighted by molar-refractivity contribution is 6.28. The Labute approximate surface area is 96.0 Å². The van der Waals surface area contributed by atoms with Crippen LogP contribution < -0.4 is 5.32 Å². The van der Waals surface area contributed by atoms with Gasteiger partial charge in [-0.3, -0.25) is 0 Å². The third-order valence-electron chi connectivity index (χ3n) is 3.00. The standard InChI is InChI=1S/C12H18ClNO/c1-2-10(7-9-3-4-9)14-8-11-5-6-12(13)15-11/h5-6,9-10,14H,2-4,7-8H2,1H3. The molecule has 0 aliphatic heterocycles. The van der Waals surface area contributed by atoms with E-state index in [9.17, 15) is 0 Å². The van der Waals surface area contributed by atoms with E-state index in [1.54, 1.807) is 6.07 Å². The maximum Gasteiger partial charge on any atom is 0.193 e. The smallest absolute Gasteiger partial charge is 0.193 e. The van der Waals surface area contributed by atoms with E-state index in [-0.39, 0.29) is 0 Å². The molecule has 1 unspecified atom stereocenters. The summed E-state index contributed by atoms with van der Waals surface area (Å²) in [4.78, 5) is 0. The minimum absolute atomic E-state index is 0.474. The van der Waals surface area contributed by atoms with Gasteiger partial charge in [-0.2, -0.15) is 0 Å².